The van der Waals surface area contributed by atoms with Gasteiger partial charge in [0.1, 0.15) is 10.8 Å². The second-order valence-electron chi connectivity index (χ2n) is 10.1. The normalized spacial score (nSPS) is 18.5. The number of aromatic hydroxyl groups is 1. The molecular weight excluding hydrogens is 404 g/mol. The Bertz CT molecular complexity index is 801. The second kappa shape index (κ2) is 8.93. The fourth-order valence-electron chi connectivity index (χ4n) is 3.81. The third-order valence-electron chi connectivity index (χ3n) is 5.41. The molecule has 6 heteroatoms. The standard InChI is InChI=1S/C23H34N2O2S.ClH/c1-22(2,3)17-10-15(11-18(21(17)27)23(4,5)6)19-14-28-20(24-19)13-25-9-7-8-16(26)12-25;/h10-11,14,16,26-27H,7-9,12-13H2,1-6H3;1H/t16-;/m0./s1. The fraction of sp³-hybridized carbons (Fsp3) is 0.609. The molecule has 162 valence electrons. The molecule has 3 rings (SSSR count). The first-order valence-electron chi connectivity index (χ1n) is 10.2. The third-order valence-corrected chi connectivity index (χ3v) is 6.25. The molecule has 1 fully saturated rings. The molecule has 2 aromatic rings. The first-order chi connectivity index (χ1) is 12.9. The quantitative estimate of drug-likeness (QED) is 0.665. The van der Waals surface area contributed by atoms with Crippen LogP contribution in [0.2, 0.25) is 0 Å². The van der Waals surface area contributed by atoms with Gasteiger partial charge in [-0.25, -0.2) is 4.98 Å². The molecule has 1 aliphatic rings. The Hall–Kier alpha value is -1.14. The molecule has 0 bridgehead atoms. The summed E-state index contributed by atoms with van der Waals surface area (Å²) in [7, 11) is 0. The van der Waals surface area contributed by atoms with Crippen LogP contribution in [0.25, 0.3) is 11.3 Å². The highest BCUT2D eigenvalue weighted by atomic mass is 35.5. The van der Waals surface area contributed by atoms with E-state index in [4.69, 9.17) is 4.98 Å². The molecule has 0 spiro atoms. The average molecular weight is 439 g/mol. The van der Waals surface area contributed by atoms with E-state index in [1.807, 2.05) is 0 Å². The molecule has 2 heterocycles. The lowest BCUT2D eigenvalue weighted by molar-refractivity contribution is 0.0668. The molecule has 2 N–H and O–H groups in total. The Morgan fingerprint density at radius 1 is 1.10 bits per heavy atom. The van der Waals surface area contributed by atoms with Crippen LogP contribution in [0.4, 0.5) is 0 Å². The maximum Gasteiger partial charge on any atom is 0.123 e. The molecule has 4 nitrogen and oxygen atoms in total. The number of benzene rings is 1. The van der Waals surface area contributed by atoms with E-state index in [-0.39, 0.29) is 29.3 Å². The van der Waals surface area contributed by atoms with Gasteiger partial charge in [-0.15, -0.1) is 23.7 Å². The van der Waals surface area contributed by atoms with Crippen LogP contribution in [-0.2, 0) is 17.4 Å². The number of piperidine rings is 1. The topological polar surface area (TPSA) is 56.6 Å². The number of aromatic nitrogens is 1. The Morgan fingerprint density at radius 2 is 1.69 bits per heavy atom. The van der Waals surface area contributed by atoms with Gasteiger partial charge in [-0.05, 0) is 42.3 Å². The van der Waals surface area contributed by atoms with Crippen molar-refractivity contribution in [2.45, 2.75) is 77.9 Å². The van der Waals surface area contributed by atoms with Crippen LogP contribution in [0.3, 0.4) is 0 Å². The van der Waals surface area contributed by atoms with Crippen LogP contribution in [0.5, 0.6) is 5.75 Å². The summed E-state index contributed by atoms with van der Waals surface area (Å²) in [6.07, 6.45) is 1.73. The van der Waals surface area contributed by atoms with Crippen LogP contribution >= 0.6 is 23.7 Å². The summed E-state index contributed by atoms with van der Waals surface area (Å²) >= 11 is 1.67. The molecule has 1 saturated heterocycles. The highest BCUT2D eigenvalue weighted by Crippen LogP contribution is 2.42. The molecule has 1 atom stereocenters. The second-order valence-corrected chi connectivity index (χ2v) is 11.0. The molecule has 0 aliphatic carbocycles. The lowest BCUT2D eigenvalue weighted by atomic mass is 9.78. The van der Waals surface area contributed by atoms with Crippen molar-refractivity contribution >= 4 is 23.7 Å². The molecular formula is C23H35ClN2O2S. The van der Waals surface area contributed by atoms with Crippen molar-refractivity contribution in [2.75, 3.05) is 13.1 Å². The minimum atomic E-state index is -0.214. The number of β-amino-alcohol motifs (C(OH)–C–C–N with tert-alkyl or cyclic N) is 1. The number of rotatable bonds is 3. The first-order valence-corrected chi connectivity index (χ1v) is 11.1. The zero-order chi connectivity index (χ0) is 20.7. The predicted molar refractivity (Wildman–Crippen MR) is 124 cm³/mol. The van der Waals surface area contributed by atoms with Gasteiger partial charge in [-0.3, -0.25) is 4.90 Å². The van der Waals surface area contributed by atoms with Gasteiger partial charge in [0, 0.05) is 28.6 Å². The van der Waals surface area contributed by atoms with Crippen molar-refractivity contribution in [1.29, 1.82) is 0 Å². The number of phenols is 1. The van der Waals surface area contributed by atoms with Gasteiger partial charge in [0.2, 0.25) is 0 Å². The van der Waals surface area contributed by atoms with Gasteiger partial charge >= 0.3 is 0 Å². The summed E-state index contributed by atoms with van der Waals surface area (Å²) < 4.78 is 0. The highest BCUT2D eigenvalue weighted by molar-refractivity contribution is 7.09. The Kier molecular flexibility index (Phi) is 7.43. The molecule has 29 heavy (non-hydrogen) atoms. The van der Waals surface area contributed by atoms with Gasteiger partial charge in [0.15, 0.2) is 0 Å². The Morgan fingerprint density at radius 3 is 2.21 bits per heavy atom. The Balaban J connectivity index is 0.00000300. The van der Waals surface area contributed by atoms with Crippen LogP contribution < -0.4 is 0 Å². The molecule has 1 aromatic heterocycles. The maximum absolute atomic E-state index is 10.9. The van der Waals surface area contributed by atoms with Crippen molar-refractivity contribution in [3.05, 3.63) is 33.6 Å². The summed E-state index contributed by atoms with van der Waals surface area (Å²) in [6.45, 7) is 15.3. The summed E-state index contributed by atoms with van der Waals surface area (Å²) in [5.74, 6) is 0.404. The summed E-state index contributed by atoms with van der Waals surface area (Å²) in [4.78, 5) is 7.18. The van der Waals surface area contributed by atoms with E-state index in [9.17, 15) is 10.2 Å². The minimum absolute atomic E-state index is 0. The first kappa shape index (κ1) is 24.1. The number of hydrogen-bond donors (Lipinski definition) is 2. The highest BCUT2D eigenvalue weighted by Gasteiger charge is 2.27. The van der Waals surface area contributed by atoms with E-state index in [1.165, 1.54) is 0 Å². The molecule has 1 aliphatic heterocycles. The minimum Gasteiger partial charge on any atom is -0.507 e. The maximum atomic E-state index is 10.9. The Labute approximate surface area is 185 Å². The van der Waals surface area contributed by atoms with Crippen LogP contribution in [0.1, 0.15) is 70.5 Å². The van der Waals surface area contributed by atoms with Gasteiger partial charge in [0.05, 0.1) is 18.3 Å². The SMILES string of the molecule is CC(C)(C)c1cc(-c2csc(CN3CCC[C@H](O)C3)n2)cc(C(C)(C)C)c1O.Cl. The number of nitrogens with zero attached hydrogens (tertiary/aromatic N) is 2. The lowest BCUT2D eigenvalue weighted by Gasteiger charge is -2.29. The number of likely N-dealkylation sites (tertiary alicyclic amines) is 1. The van der Waals surface area contributed by atoms with E-state index in [0.29, 0.717) is 5.75 Å². The zero-order valence-corrected chi connectivity index (χ0v) is 20.1. The number of phenolic OH excluding ortho intramolecular Hbond substituents is 1. The van der Waals surface area contributed by atoms with Gasteiger partial charge in [0.25, 0.3) is 0 Å². The van der Waals surface area contributed by atoms with E-state index >= 15 is 0 Å². The van der Waals surface area contributed by atoms with Crippen molar-refractivity contribution < 1.29 is 10.2 Å². The van der Waals surface area contributed by atoms with Crippen molar-refractivity contribution in [3.8, 4) is 17.0 Å². The largest absolute Gasteiger partial charge is 0.507 e. The number of aliphatic hydroxyl groups excluding tert-OH is 1. The van der Waals surface area contributed by atoms with Crippen molar-refractivity contribution in [2.24, 2.45) is 0 Å². The van der Waals surface area contributed by atoms with Gasteiger partial charge in [-0.1, -0.05) is 41.5 Å². The molecule has 0 unspecified atom stereocenters. The van der Waals surface area contributed by atoms with E-state index in [2.05, 4.69) is 64.0 Å². The van der Waals surface area contributed by atoms with Gasteiger partial charge in [-0.2, -0.15) is 0 Å². The molecule has 0 saturated carbocycles. The van der Waals surface area contributed by atoms with Crippen LogP contribution in [-0.4, -0.2) is 39.3 Å². The number of thiazole rings is 1. The molecule has 0 radical (unpaired) electrons. The van der Waals surface area contributed by atoms with E-state index in [1.54, 1.807) is 11.3 Å². The summed E-state index contributed by atoms with van der Waals surface area (Å²) in [6, 6.07) is 4.18. The van der Waals surface area contributed by atoms with E-state index < -0.39 is 0 Å². The smallest absolute Gasteiger partial charge is 0.123 e. The number of aliphatic hydroxyl groups is 1. The predicted octanol–water partition coefficient (Wildman–Crippen LogP) is 5.49. The fourth-order valence-corrected chi connectivity index (χ4v) is 4.65. The average Bonchev–Trinajstić information content (AvgIpc) is 3.01. The van der Waals surface area contributed by atoms with Crippen molar-refractivity contribution in [1.82, 2.24) is 9.88 Å². The zero-order valence-electron chi connectivity index (χ0n) is 18.5. The van der Waals surface area contributed by atoms with Crippen LogP contribution in [0, 0.1) is 0 Å². The van der Waals surface area contributed by atoms with E-state index in [0.717, 1.165) is 59.9 Å². The van der Waals surface area contributed by atoms with Gasteiger partial charge < -0.3 is 10.2 Å². The monoisotopic (exact) mass is 438 g/mol. The lowest BCUT2D eigenvalue weighted by Crippen LogP contribution is -2.37. The summed E-state index contributed by atoms with van der Waals surface area (Å²) in [5.41, 5.74) is 3.65. The summed E-state index contributed by atoms with van der Waals surface area (Å²) in [5, 5.41) is 24.0. The van der Waals surface area contributed by atoms with Crippen molar-refractivity contribution in [3.63, 3.8) is 0 Å². The third kappa shape index (κ3) is 5.72. The molecule has 1 aromatic carbocycles. The number of hydrogen-bond acceptors (Lipinski definition) is 5. The number of halogens is 1. The molecule has 0 amide bonds. The van der Waals surface area contributed by atoms with Crippen LogP contribution in [0.15, 0.2) is 17.5 Å².